The minimum Gasteiger partial charge on any atom is -0.497 e. The summed E-state index contributed by atoms with van der Waals surface area (Å²) in [7, 11) is -1.21. The van der Waals surface area contributed by atoms with E-state index in [-0.39, 0.29) is 44.2 Å². The Balaban J connectivity index is 1.39. The average Bonchev–Trinajstić information content (AvgIpc) is 4.08. The van der Waals surface area contributed by atoms with Crippen molar-refractivity contribution >= 4 is 44.6 Å². The molecule has 0 radical (unpaired) electrons. The first kappa shape index (κ1) is 46.6. The Hall–Kier alpha value is -4.85. The van der Waals surface area contributed by atoms with Crippen molar-refractivity contribution in [2.45, 2.75) is 120 Å². The van der Waals surface area contributed by atoms with Crippen molar-refractivity contribution in [1.29, 1.82) is 0 Å². The van der Waals surface area contributed by atoms with Gasteiger partial charge < -0.3 is 39.2 Å². The number of fused-ring (bicyclic) bond motifs is 3. The molecule has 1 aromatic carbocycles. The van der Waals surface area contributed by atoms with Crippen LogP contribution >= 0.6 is 0 Å². The molecule has 0 unspecified atom stereocenters. The monoisotopic (exact) mass is 895 g/mol. The number of allylic oxidation sites excluding steroid dienone is 1. The van der Waals surface area contributed by atoms with Gasteiger partial charge in [-0.05, 0) is 90.3 Å². The minimum absolute atomic E-state index is 0.0793. The Bertz CT molecular complexity index is 2180. The third-order valence-electron chi connectivity index (χ3n) is 12.4. The molecule has 16 nitrogen and oxygen atoms in total. The van der Waals surface area contributed by atoms with E-state index in [1.165, 1.54) is 27.3 Å². The molecule has 4 aliphatic rings. The zero-order valence-corrected chi connectivity index (χ0v) is 36.7. The van der Waals surface area contributed by atoms with Gasteiger partial charge in [0.05, 0.1) is 37.8 Å². The second kappa shape index (κ2) is 17.7. The highest BCUT2D eigenvalue weighted by Gasteiger charge is 2.63. The van der Waals surface area contributed by atoms with E-state index in [4.69, 9.17) is 23.7 Å². The molecule has 4 amide bonds. The summed E-state index contributed by atoms with van der Waals surface area (Å²) < 4.78 is 97.2. The summed E-state index contributed by atoms with van der Waals surface area (Å²) in [5, 5.41) is 6.32. The fraction of sp³-hybridized carbons (Fsp3) is 0.643. The highest BCUT2D eigenvalue weighted by molar-refractivity contribution is 7.91. The maximum atomic E-state index is 15.0. The van der Waals surface area contributed by atoms with Crippen molar-refractivity contribution < 1.29 is 64.5 Å². The molecule has 3 N–H and O–H groups in total. The van der Waals surface area contributed by atoms with Gasteiger partial charge in [-0.1, -0.05) is 19.1 Å². The average molecular weight is 896 g/mol. The summed E-state index contributed by atoms with van der Waals surface area (Å²) in [6.45, 7) is 6.58. The van der Waals surface area contributed by atoms with Gasteiger partial charge in [0, 0.05) is 36.1 Å². The summed E-state index contributed by atoms with van der Waals surface area (Å²) in [4.78, 5) is 62.7. The number of rotatable bonds is 12. The van der Waals surface area contributed by atoms with Crippen LogP contribution in [0.25, 0.3) is 10.8 Å². The van der Waals surface area contributed by atoms with E-state index in [9.17, 15) is 36.0 Å². The lowest BCUT2D eigenvalue weighted by molar-refractivity contribution is -0.244. The number of methoxy groups -OCH3 is 2. The highest BCUT2D eigenvalue weighted by atomic mass is 32.2. The van der Waals surface area contributed by atoms with Crippen LogP contribution < -0.4 is 29.6 Å². The van der Waals surface area contributed by atoms with Crippen molar-refractivity contribution in [3.8, 4) is 17.4 Å². The predicted molar refractivity (Wildman–Crippen MR) is 219 cm³/mol. The zero-order valence-electron chi connectivity index (χ0n) is 35.9. The van der Waals surface area contributed by atoms with Crippen molar-refractivity contribution in [2.24, 2.45) is 17.8 Å². The van der Waals surface area contributed by atoms with Crippen LogP contribution in [-0.4, -0.2) is 116 Å². The lowest BCUT2D eigenvalue weighted by atomic mass is 9.87. The number of amides is 4. The number of halogens is 3. The number of carbonyl (C=O) groups is 4. The highest BCUT2D eigenvalue weighted by Crippen LogP contribution is 2.48. The number of hydrogen-bond donors (Lipinski definition) is 3. The Morgan fingerprint density at radius 2 is 1.82 bits per heavy atom. The number of alkyl carbamates (subject to hydrolysis) is 1. The van der Waals surface area contributed by atoms with E-state index in [1.807, 2.05) is 19.9 Å². The largest absolute Gasteiger partial charge is 0.497 e. The van der Waals surface area contributed by atoms with Gasteiger partial charge >= 0.3 is 12.3 Å². The first-order valence-electron chi connectivity index (χ1n) is 20.8. The minimum atomic E-state index is -4.95. The van der Waals surface area contributed by atoms with E-state index in [2.05, 4.69) is 20.3 Å². The number of nitrogens with zero attached hydrogens (tertiary/aromatic N) is 2. The molecule has 0 spiro atoms. The standard InChI is InChI=1S/C42H56F3N5O11S/c1-8-59-32-21-46-35(29-14-13-27(58-7)18-30(29)32)60-28-19-31-34(51)48-41(37(53)49-62(55,56)40(5)15-16-40)20-26(41)12-10-9-11-24(2)17-25(23-57-6)33(36(52)50(31)22-28)47-38(54)61-39(3,4)42(43,44)45/h10,12-14,18,21,24-26,28,31,33H,8-9,11,15-17,19-20,22-23H2,1-7H3,(H,47,54)(H,48,51)(H,49,53)/b12-10-/t24-,25+,26+,28-,31+,33+,41+/m1/s1. The second-order valence-electron chi connectivity index (χ2n) is 17.5. The SMILES string of the molecule is CCOc1cnc(O[C@@H]2C[C@H]3C(=O)N[C@@]4(C(=O)NS(=O)(=O)C5(C)CC5)C[C@@H]4/C=C\CC[C@@H](C)C[C@@H](COC)[C@H](NC(=O)OC(C)(C)C(F)(F)F)C(=O)N3C2)c2ccc(OC)cc12. The Morgan fingerprint density at radius 1 is 1.10 bits per heavy atom. The van der Waals surface area contributed by atoms with Gasteiger partial charge in [-0.15, -0.1) is 0 Å². The number of pyridine rings is 1. The molecule has 7 atom stereocenters. The van der Waals surface area contributed by atoms with Crippen LogP contribution in [0.5, 0.6) is 17.4 Å². The fourth-order valence-corrected chi connectivity index (χ4v) is 9.37. The predicted octanol–water partition coefficient (Wildman–Crippen LogP) is 4.94. The summed E-state index contributed by atoms with van der Waals surface area (Å²) >= 11 is 0. The molecular weight excluding hydrogens is 840 g/mol. The van der Waals surface area contributed by atoms with Crippen LogP contribution in [-0.2, 0) is 33.9 Å². The molecule has 1 saturated heterocycles. The molecule has 342 valence electrons. The summed E-state index contributed by atoms with van der Waals surface area (Å²) in [6.07, 6.45) is -0.341. The third kappa shape index (κ3) is 9.70. The summed E-state index contributed by atoms with van der Waals surface area (Å²) in [6, 6.07) is 2.21. The first-order valence-corrected chi connectivity index (χ1v) is 22.2. The number of hydrogen-bond acceptors (Lipinski definition) is 12. The van der Waals surface area contributed by atoms with Gasteiger partial charge in [0.1, 0.15) is 35.2 Å². The molecule has 2 saturated carbocycles. The fourth-order valence-electron chi connectivity index (χ4n) is 8.06. The quantitative estimate of drug-likeness (QED) is 0.243. The Labute approximate surface area is 359 Å². The zero-order chi connectivity index (χ0) is 45.4. The van der Waals surface area contributed by atoms with Crippen LogP contribution in [0.3, 0.4) is 0 Å². The molecule has 6 rings (SSSR count). The molecule has 3 heterocycles. The van der Waals surface area contributed by atoms with Gasteiger partial charge in [-0.2, -0.15) is 13.2 Å². The molecule has 2 aliphatic heterocycles. The molecule has 20 heteroatoms. The lowest BCUT2D eigenvalue weighted by Crippen LogP contribution is -2.60. The van der Waals surface area contributed by atoms with Gasteiger partial charge in [-0.3, -0.25) is 19.1 Å². The van der Waals surface area contributed by atoms with Crippen LogP contribution in [0, 0.1) is 17.8 Å². The van der Waals surface area contributed by atoms with Crippen LogP contribution in [0.1, 0.15) is 79.6 Å². The second-order valence-corrected chi connectivity index (χ2v) is 19.7. The number of sulfonamides is 1. The molecule has 2 aromatic rings. The van der Waals surface area contributed by atoms with E-state index >= 15 is 4.79 Å². The van der Waals surface area contributed by atoms with Crippen molar-refractivity contribution in [3.05, 3.63) is 36.5 Å². The van der Waals surface area contributed by atoms with Crippen LogP contribution in [0.2, 0.25) is 0 Å². The molecule has 1 aromatic heterocycles. The third-order valence-corrected chi connectivity index (χ3v) is 14.5. The number of aromatic nitrogens is 1. The van der Waals surface area contributed by atoms with E-state index in [1.54, 1.807) is 24.3 Å². The van der Waals surface area contributed by atoms with Crippen molar-refractivity contribution in [2.75, 3.05) is 34.0 Å². The molecule has 0 bridgehead atoms. The van der Waals surface area contributed by atoms with E-state index in [0.29, 0.717) is 68.4 Å². The Kier molecular flexibility index (Phi) is 13.3. The number of carbonyl (C=O) groups excluding carboxylic acids is 4. The van der Waals surface area contributed by atoms with Crippen LogP contribution in [0.4, 0.5) is 18.0 Å². The topological polar surface area (TPSA) is 201 Å². The van der Waals surface area contributed by atoms with E-state index < -0.39 is 85.9 Å². The normalized spacial score (nSPS) is 28.3. The lowest BCUT2D eigenvalue weighted by Gasteiger charge is -2.35. The van der Waals surface area contributed by atoms with Crippen molar-refractivity contribution in [3.63, 3.8) is 0 Å². The summed E-state index contributed by atoms with van der Waals surface area (Å²) in [5.74, 6) is -2.97. The van der Waals surface area contributed by atoms with Gasteiger partial charge in [0.15, 0.2) is 0 Å². The smallest absolute Gasteiger partial charge is 0.427 e. The van der Waals surface area contributed by atoms with Gasteiger partial charge in [-0.25, -0.2) is 18.2 Å². The van der Waals surface area contributed by atoms with Crippen LogP contribution in [0.15, 0.2) is 36.5 Å². The molecular formula is C42H56F3N5O11S. The maximum absolute atomic E-state index is 15.0. The van der Waals surface area contributed by atoms with Gasteiger partial charge in [0.2, 0.25) is 33.3 Å². The van der Waals surface area contributed by atoms with Gasteiger partial charge in [0.25, 0.3) is 5.91 Å². The maximum Gasteiger partial charge on any atom is 0.427 e. The molecule has 3 fully saturated rings. The number of benzene rings is 1. The molecule has 62 heavy (non-hydrogen) atoms. The first-order chi connectivity index (χ1) is 29.1. The number of nitrogens with one attached hydrogen (secondary N) is 3. The summed E-state index contributed by atoms with van der Waals surface area (Å²) in [5.41, 5.74) is -4.61. The number of ether oxygens (including phenoxy) is 5. The number of alkyl halides is 3. The molecule has 2 aliphatic carbocycles. The van der Waals surface area contributed by atoms with E-state index in [0.717, 1.165) is 4.90 Å². The Morgan fingerprint density at radius 3 is 2.47 bits per heavy atom. The van der Waals surface area contributed by atoms with Crippen molar-refractivity contribution in [1.82, 2.24) is 25.2 Å².